The second-order valence-corrected chi connectivity index (χ2v) is 5.75. The van der Waals surface area contributed by atoms with Crippen LogP contribution in [0.3, 0.4) is 0 Å². The van der Waals surface area contributed by atoms with Gasteiger partial charge in [-0.3, -0.25) is 4.79 Å². The van der Waals surface area contributed by atoms with E-state index in [1.54, 1.807) is 0 Å². The third-order valence-electron chi connectivity index (χ3n) is 4.29. The van der Waals surface area contributed by atoms with Gasteiger partial charge in [-0.2, -0.15) is 0 Å². The number of hydrogen-bond donors (Lipinski definition) is 2. The highest BCUT2D eigenvalue weighted by atomic mass is 16.1. The van der Waals surface area contributed by atoms with Gasteiger partial charge in [0.15, 0.2) is 0 Å². The predicted octanol–water partition coefficient (Wildman–Crippen LogP) is 2.74. The van der Waals surface area contributed by atoms with Gasteiger partial charge < -0.3 is 10.6 Å². The SMILES string of the molecule is O=C(NC1CCCCCC1)c1ccc2c(c1)CNC2. The first-order valence-electron chi connectivity index (χ1n) is 7.46. The molecule has 1 heterocycles. The molecule has 102 valence electrons. The molecule has 2 N–H and O–H groups in total. The zero-order chi connectivity index (χ0) is 13.1. The van der Waals surface area contributed by atoms with Crippen molar-refractivity contribution in [3.05, 3.63) is 34.9 Å². The van der Waals surface area contributed by atoms with Crippen molar-refractivity contribution in [3.63, 3.8) is 0 Å². The van der Waals surface area contributed by atoms with E-state index in [0.29, 0.717) is 6.04 Å². The molecule has 1 fully saturated rings. The van der Waals surface area contributed by atoms with Crippen LogP contribution >= 0.6 is 0 Å². The Hall–Kier alpha value is -1.35. The summed E-state index contributed by atoms with van der Waals surface area (Å²) in [6, 6.07) is 6.46. The van der Waals surface area contributed by atoms with E-state index in [4.69, 9.17) is 0 Å². The summed E-state index contributed by atoms with van der Waals surface area (Å²) >= 11 is 0. The predicted molar refractivity (Wildman–Crippen MR) is 75.9 cm³/mol. The number of carbonyl (C=O) groups is 1. The molecule has 1 amide bonds. The van der Waals surface area contributed by atoms with Gasteiger partial charge in [0.25, 0.3) is 5.91 Å². The van der Waals surface area contributed by atoms with Gasteiger partial charge in [0.05, 0.1) is 0 Å². The average Bonchev–Trinajstić information content (AvgIpc) is 2.75. The maximum absolute atomic E-state index is 12.3. The molecule has 1 aromatic carbocycles. The molecule has 0 bridgehead atoms. The summed E-state index contributed by atoms with van der Waals surface area (Å²) in [4.78, 5) is 12.3. The lowest BCUT2D eigenvalue weighted by atomic mass is 10.0. The van der Waals surface area contributed by atoms with Crippen LogP contribution in [0.5, 0.6) is 0 Å². The number of hydrogen-bond acceptors (Lipinski definition) is 2. The summed E-state index contributed by atoms with van der Waals surface area (Å²) in [5.41, 5.74) is 3.41. The number of rotatable bonds is 2. The second-order valence-electron chi connectivity index (χ2n) is 5.75. The Morgan fingerprint density at radius 3 is 2.58 bits per heavy atom. The van der Waals surface area contributed by atoms with Gasteiger partial charge in [-0.1, -0.05) is 31.7 Å². The van der Waals surface area contributed by atoms with Gasteiger partial charge in [0.2, 0.25) is 0 Å². The minimum Gasteiger partial charge on any atom is -0.349 e. The minimum atomic E-state index is 0.0987. The van der Waals surface area contributed by atoms with Crippen LogP contribution in [0.1, 0.15) is 60.0 Å². The Balaban J connectivity index is 1.66. The molecule has 0 spiro atoms. The Labute approximate surface area is 114 Å². The molecule has 3 rings (SSSR count). The minimum absolute atomic E-state index is 0.0987. The lowest BCUT2D eigenvalue weighted by molar-refractivity contribution is 0.0933. The van der Waals surface area contributed by atoms with Crippen molar-refractivity contribution in [2.75, 3.05) is 0 Å². The quantitative estimate of drug-likeness (QED) is 0.801. The molecule has 3 heteroatoms. The summed E-state index contributed by atoms with van der Waals surface area (Å²) in [6.45, 7) is 1.82. The summed E-state index contributed by atoms with van der Waals surface area (Å²) < 4.78 is 0. The normalized spacial score (nSPS) is 19.8. The Kier molecular flexibility index (Phi) is 3.83. The fraction of sp³-hybridized carbons (Fsp3) is 0.562. The van der Waals surface area contributed by atoms with Gasteiger partial charge in [-0.15, -0.1) is 0 Å². The molecule has 1 saturated carbocycles. The van der Waals surface area contributed by atoms with Crippen LogP contribution in [-0.4, -0.2) is 11.9 Å². The second kappa shape index (κ2) is 5.74. The molecule has 0 atom stereocenters. The van der Waals surface area contributed by atoms with E-state index in [2.05, 4.69) is 16.7 Å². The number of amides is 1. The van der Waals surface area contributed by atoms with Crippen molar-refractivity contribution in [3.8, 4) is 0 Å². The van der Waals surface area contributed by atoms with Gasteiger partial charge in [-0.05, 0) is 36.1 Å². The third kappa shape index (κ3) is 2.98. The molecule has 1 aliphatic heterocycles. The Bertz CT molecular complexity index is 462. The number of nitrogens with one attached hydrogen (secondary N) is 2. The molecule has 1 aliphatic carbocycles. The maximum Gasteiger partial charge on any atom is 0.251 e. The summed E-state index contributed by atoms with van der Waals surface area (Å²) in [7, 11) is 0. The van der Waals surface area contributed by atoms with Crippen molar-refractivity contribution in [1.82, 2.24) is 10.6 Å². The summed E-state index contributed by atoms with van der Waals surface area (Å²) in [5, 5.41) is 6.52. The molecule has 2 aliphatic rings. The van der Waals surface area contributed by atoms with Crippen LogP contribution in [0.15, 0.2) is 18.2 Å². The van der Waals surface area contributed by atoms with Crippen molar-refractivity contribution >= 4 is 5.91 Å². The molecule has 0 saturated heterocycles. The zero-order valence-electron chi connectivity index (χ0n) is 11.4. The average molecular weight is 258 g/mol. The fourth-order valence-electron chi connectivity index (χ4n) is 3.13. The highest BCUT2D eigenvalue weighted by Crippen LogP contribution is 2.19. The van der Waals surface area contributed by atoms with Crippen LogP contribution in [0.25, 0.3) is 0 Å². The van der Waals surface area contributed by atoms with Crippen LogP contribution in [0.2, 0.25) is 0 Å². The zero-order valence-corrected chi connectivity index (χ0v) is 11.4. The van der Waals surface area contributed by atoms with Crippen LogP contribution in [0, 0.1) is 0 Å². The van der Waals surface area contributed by atoms with Crippen LogP contribution < -0.4 is 10.6 Å². The van der Waals surface area contributed by atoms with E-state index in [0.717, 1.165) is 31.5 Å². The largest absolute Gasteiger partial charge is 0.349 e. The smallest absolute Gasteiger partial charge is 0.251 e. The third-order valence-corrected chi connectivity index (χ3v) is 4.29. The summed E-state index contributed by atoms with van der Waals surface area (Å²) in [5.74, 6) is 0.0987. The van der Waals surface area contributed by atoms with Crippen molar-refractivity contribution in [2.24, 2.45) is 0 Å². The molecule has 0 radical (unpaired) electrons. The van der Waals surface area contributed by atoms with Gasteiger partial charge in [0.1, 0.15) is 0 Å². The van der Waals surface area contributed by atoms with Gasteiger partial charge >= 0.3 is 0 Å². The maximum atomic E-state index is 12.3. The van der Waals surface area contributed by atoms with Crippen molar-refractivity contribution in [2.45, 2.75) is 57.7 Å². The first-order valence-corrected chi connectivity index (χ1v) is 7.46. The Morgan fingerprint density at radius 1 is 1.05 bits per heavy atom. The molecule has 1 aromatic rings. The van der Waals surface area contributed by atoms with E-state index in [1.807, 2.05) is 12.1 Å². The molecular formula is C16H22N2O. The lowest BCUT2D eigenvalue weighted by Gasteiger charge is -2.16. The highest BCUT2D eigenvalue weighted by Gasteiger charge is 2.17. The molecule has 19 heavy (non-hydrogen) atoms. The Morgan fingerprint density at radius 2 is 1.79 bits per heavy atom. The lowest BCUT2D eigenvalue weighted by Crippen LogP contribution is -2.34. The standard InChI is InChI=1S/C16H22N2O/c19-16(18-15-5-3-1-2-4-6-15)12-7-8-13-10-17-11-14(13)9-12/h7-9,15,17H,1-6,10-11H2,(H,18,19). The van der Waals surface area contributed by atoms with Crippen LogP contribution in [0.4, 0.5) is 0 Å². The molecule has 0 unspecified atom stereocenters. The summed E-state index contributed by atoms with van der Waals surface area (Å²) in [6.07, 6.45) is 7.41. The van der Waals surface area contributed by atoms with E-state index in [-0.39, 0.29) is 5.91 Å². The van der Waals surface area contributed by atoms with E-state index in [9.17, 15) is 4.79 Å². The molecule has 3 nitrogen and oxygen atoms in total. The topological polar surface area (TPSA) is 41.1 Å². The highest BCUT2D eigenvalue weighted by molar-refractivity contribution is 5.94. The first kappa shape index (κ1) is 12.7. The number of fused-ring (bicyclic) bond motifs is 1. The number of carbonyl (C=O) groups excluding carboxylic acids is 1. The van der Waals surface area contributed by atoms with E-state index < -0.39 is 0 Å². The van der Waals surface area contributed by atoms with Crippen molar-refractivity contribution < 1.29 is 4.79 Å². The van der Waals surface area contributed by atoms with Crippen molar-refractivity contribution in [1.29, 1.82) is 0 Å². The van der Waals surface area contributed by atoms with Gasteiger partial charge in [0, 0.05) is 24.7 Å². The first-order chi connectivity index (χ1) is 9.33. The fourth-order valence-corrected chi connectivity index (χ4v) is 3.13. The van der Waals surface area contributed by atoms with Crippen LogP contribution in [-0.2, 0) is 13.1 Å². The molecular weight excluding hydrogens is 236 g/mol. The number of benzene rings is 1. The monoisotopic (exact) mass is 258 g/mol. The molecule has 0 aromatic heterocycles. The van der Waals surface area contributed by atoms with E-state index >= 15 is 0 Å². The van der Waals surface area contributed by atoms with E-state index in [1.165, 1.54) is 36.8 Å². The van der Waals surface area contributed by atoms with Gasteiger partial charge in [-0.25, -0.2) is 0 Å².